The SMILES string of the molecule is COc1ccc(Cl)cc1C1NN(CCC2CCCC2)C=C1NC(=O)c1cnn2cccnc12. The van der Waals surface area contributed by atoms with E-state index in [0.29, 0.717) is 22.0 Å². The average molecular weight is 467 g/mol. The monoisotopic (exact) mass is 466 g/mol. The van der Waals surface area contributed by atoms with Gasteiger partial charge in [0.25, 0.3) is 5.91 Å². The highest BCUT2D eigenvalue weighted by Gasteiger charge is 2.31. The van der Waals surface area contributed by atoms with E-state index in [2.05, 4.69) is 25.8 Å². The minimum absolute atomic E-state index is 0.264. The zero-order valence-electron chi connectivity index (χ0n) is 18.5. The first-order valence-electron chi connectivity index (χ1n) is 11.3. The zero-order valence-corrected chi connectivity index (χ0v) is 19.3. The fourth-order valence-electron chi connectivity index (χ4n) is 4.72. The molecule has 1 amide bonds. The lowest BCUT2D eigenvalue weighted by Crippen LogP contribution is -2.34. The molecule has 3 heterocycles. The van der Waals surface area contributed by atoms with Crippen molar-refractivity contribution in [1.82, 2.24) is 30.3 Å². The smallest absolute Gasteiger partial charge is 0.261 e. The number of hydrazine groups is 1. The van der Waals surface area contributed by atoms with Crippen molar-refractivity contribution in [2.75, 3.05) is 13.7 Å². The summed E-state index contributed by atoms with van der Waals surface area (Å²) >= 11 is 6.31. The largest absolute Gasteiger partial charge is 0.496 e. The molecule has 1 atom stereocenters. The van der Waals surface area contributed by atoms with Gasteiger partial charge < -0.3 is 15.1 Å². The van der Waals surface area contributed by atoms with Crippen LogP contribution >= 0.6 is 11.6 Å². The fourth-order valence-corrected chi connectivity index (χ4v) is 4.90. The number of benzene rings is 1. The van der Waals surface area contributed by atoms with Crippen LogP contribution in [-0.4, -0.2) is 39.2 Å². The Hall–Kier alpha value is -3.10. The third kappa shape index (κ3) is 4.54. The summed E-state index contributed by atoms with van der Waals surface area (Å²) in [7, 11) is 1.63. The van der Waals surface area contributed by atoms with E-state index >= 15 is 0 Å². The van der Waals surface area contributed by atoms with Gasteiger partial charge in [-0.25, -0.2) is 14.9 Å². The molecule has 1 saturated carbocycles. The van der Waals surface area contributed by atoms with E-state index in [1.165, 1.54) is 31.9 Å². The molecule has 1 aliphatic carbocycles. The Morgan fingerprint density at radius 2 is 2.18 bits per heavy atom. The van der Waals surface area contributed by atoms with E-state index < -0.39 is 0 Å². The van der Waals surface area contributed by atoms with E-state index in [-0.39, 0.29) is 11.9 Å². The van der Waals surface area contributed by atoms with Crippen LogP contribution in [0.15, 0.2) is 54.8 Å². The van der Waals surface area contributed by atoms with Gasteiger partial charge in [-0.3, -0.25) is 4.79 Å². The molecular weight excluding hydrogens is 440 g/mol. The Morgan fingerprint density at radius 1 is 1.33 bits per heavy atom. The number of fused-ring (bicyclic) bond motifs is 1. The fraction of sp³-hybridized carbons (Fsp3) is 0.375. The first-order valence-corrected chi connectivity index (χ1v) is 11.7. The summed E-state index contributed by atoms with van der Waals surface area (Å²) in [5, 5.41) is 9.97. The molecule has 2 aliphatic rings. The second-order valence-electron chi connectivity index (χ2n) is 8.57. The number of nitrogens with one attached hydrogen (secondary N) is 2. The number of carbonyl (C=O) groups is 1. The van der Waals surface area contributed by atoms with Crippen molar-refractivity contribution in [3.05, 3.63) is 70.9 Å². The molecule has 3 aromatic rings. The molecule has 1 fully saturated rings. The number of carbonyl (C=O) groups excluding carboxylic acids is 1. The van der Waals surface area contributed by atoms with Gasteiger partial charge in [-0.05, 0) is 36.6 Å². The Balaban J connectivity index is 1.41. The van der Waals surface area contributed by atoms with Gasteiger partial charge in [-0.15, -0.1) is 0 Å². The molecule has 2 N–H and O–H groups in total. The first-order chi connectivity index (χ1) is 16.1. The second-order valence-corrected chi connectivity index (χ2v) is 9.00. The lowest BCUT2D eigenvalue weighted by atomic mass is 10.0. The van der Waals surface area contributed by atoms with Gasteiger partial charge in [0.2, 0.25) is 0 Å². The maximum absolute atomic E-state index is 13.2. The predicted octanol–water partition coefficient (Wildman–Crippen LogP) is 4.10. The number of halogens is 1. The van der Waals surface area contributed by atoms with Crippen LogP contribution in [0.1, 0.15) is 54.1 Å². The third-order valence-electron chi connectivity index (χ3n) is 6.44. The van der Waals surface area contributed by atoms with E-state index in [1.807, 2.05) is 18.3 Å². The third-order valence-corrected chi connectivity index (χ3v) is 6.67. The average Bonchev–Trinajstić information content (AvgIpc) is 3.57. The van der Waals surface area contributed by atoms with Crippen molar-refractivity contribution in [3.63, 3.8) is 0 Å². The molecule has 9 heteroatoms. The maximum atomic E-state index is 13.2. The summed E-state index contributed by atoms with van der Waals surface area (Å²) in [5.41, 5.74) is 6.03. The van der Waals surface area contributed by atoms with Crippen LogP contribution in [0.2, 0.25) is 5.02 Å². The second kappa shape index (κ2) is 9.41. The standard InChI is InChI=1S/C24H27ClN6O2/c1-33-21-8-7-17(25)13-18(21)22-20(15-30(29-22)12-9-16-5-2-3-6-16)28-24(32)19-14-27-31-11-4-10-26-23(19)31/h4,7-8,10-11,13-16,22,29H,2-3,5-6,9,12H2,1H3,(H,28,32). The van der Waals surface area contributed by atoms with Crippen LogP contribution in [0.25, 0.3) is 5.65 Å². The maximum Gasteiger partial charge on any atom is 0.261 e. The molecule has 0 bridgehead atoms. The zero-order chi connectivity index (χ0) is 22.8. The van der Waals surface area contributed by atoms with Crippen LogP contribution in [0, 0.1) is 5.92 Å². The van der Waals surface area contributed by atoms with Crippen molar-refractivity contribution in [3.8, 4) is 5.75 Å². The molecule has 33 heavy (non-hydrogen) atoms. The Labute approximate surface area is 197 Å². The Morgan fingerprint density at radius 3 is 3.00 bits per heavy atom. The van der Waals surface area contributed by atoms with Gasteiger partial charge in [0.05, 0.1) is 25.0 Å². The molecule has 0 spiro atoms. The lowest BCUT2D eigenvalue weighted by molar-refractivity contribution is 0.0964. The lowest BCUT2D eigenvalue weighted by Gasteiger charge is -2.23. The molecule has 2 aromatic heterocycles. The van der Waals surface area contributed by atoms with Crippen molar-refractivity contribution in [2.24, 2.45) is 5.92 Å². The normalized spacial score (nSPS) is 18.7. The molecule has 0 saturated heterocycles. The van der Waals surface area contributed by atoms with Crippen LogP contribution in [0.4, 0.5) is 0 Å². The summed E-state index contributed by atoms with van der Waals surface area (Å²) < 4.78 is 7.18. The predicted molar refractivity (Wildman–Crippen MR) is 126 cm³/mol. The van der Waals surface area contributed by atoms with Crippen LogP contribution in [0.5, 0.6) is 5.75 Å². The summed E-state index contributed by atoms with van der Waals surface area (Å²) in [6.45, 7) is 0.863. The van der Waals surface area contributed by atoms with E-state index in [4.69, 9.17) is 16.3 Å². The van der Waals surface area contributed by atoms with Crippen molar-refractivity contribution in [1.29, 1.82) is 0 Å². The highest BCUT2D eigenvalue weighted by molar-refractivity contribution is 6.30. The van der Waals surface area contributed by atoms with Crippen LogP contribution in [-0.2, 0) is 0 Å². The molecule has 8 nitrogen and oxygen atoms in total. The number of nitrogens with zero attached hydrogens (tertiary/aromatic N) is 4. The summed E-state index contributed by atoms with van der Waals surface area (Å²) in [6.07, 6.45) is 13.3. The Bertz CT molecular complexity index is 1190. The highest BCUT2D eigenvalue weighted by Crippen LogP contribution is 2.35. The molecule has 1 unspecified atom stereocenters. The molecule has 5 rings (SSSR count). The first kappa shape index (κ1) is 21.7. The van der Waals surface area contributed by atoms with Gasteiger partial charge in [0, 0.05) is 35.7 Å². The summed E-state index contributed by atoms with van der Waals surface area (Å²) in [6, 6.07) is 6.98. The molecule has 172 valence electrons. The van der Waals surface area contributed by atoms with Gasteiger partial charge in [0.1, 0.15) is 11.3 Å². The van der Waals surface area contributed by atoms with Gasteiger partial charge >= 0.3 is 0 Å². The summed E-state index contributed by atoms with van der Waals surface area (Å²) in [4.78, 5) is 17.5. The molecular formula is C24H27ClN6O2. The minimum Gasteiger partial charge on any atom is -0.496 e. The minimum atomic E-state index is -0.305. The Kier molecular flexibility index (Phi) is 6.20. The molecule has 0 radical (unpaired) electrons. The topological polar surface area (TPSA) is 83.8 Å². The number of hydrogen-bond donors (Lipinski definition) is 2. The van der Waals surface area contributed by atoms with Crippen molar-refractivity contribution < 1.29 is 9.53 Å². The molecule has 1 aromatic carbocycles. The number of rotatable bonds is 7. The van der Waals surface area contributed by atoms with Gasteiger partial charge in [-0.1, -0.05) is 37.3 Å². The number of amides is 1. The highest BCUT2D eigenvalue weighted by atomic mass is 35.5. The van der Waals surface area contributed by atoms with Crippen molar-refractivity contribution in [2.45, 2.75) is 38.1 Å². The van der Waals surface area contributed by atoms with E-state index in [0.717, 1.165) is 30.1 Å². The summed E-state index contributed by atoms with van der Waals surface area (Å²) in [5.74, 6) is 1.20. The number of hydrogen-bond acceptors (Lipinski definition) is 6. The quantitative estimate of drug-likeness (QED) is 0.545. The van der Waals surface area contributed by atoms with E-state index in [1.54, 1.807) is 36.2 Å². The molecule has 1 aliphatic heterocycles. The number of aromatic nitrogens is 3. The van der Waals surface area contributed by atoms with Crippen molar-refractivity contribution >= 4 is 23.2 Å². The van der Waals surface area contributed by atoms with E-state index in [9.17, 15) is 4.79 Å². The number of methoxy groups -OCH3 is 1. The van der Waals surface area contributed by atoms with Crippen LogP contribution in [0.3, 0.4) is 0 Å². The van der Waals surface area contributed by atoms with Gasteiger partial charge in [-0.2, -0.15) is 5.10 Å². The van der Waals surface area contributed by atoms with Crippen LogP contribution < -0.4 is 15.5 Å². The number of ether oxygens (including phenoxy) is 1. The van der Waals surface area contributed by atoms with Gasteiger partial charge in [0.15, 0.2) is 5.65 Å².